The summed E-state index contributed by atoms with van der Waals surface area (Å²) in [5, 5.41) is 19.3. The Kier molecular flexibility index (Phi) is 11.2. The molecule has 4 heterocycles. The number of carboxylic acid groups (broad SMARTS) is 1. The highest BCUT2D eigenvalue weighted by Gasteiger charge is 2.38. The first-order chi connectivity index (χ1) is 21.7. The maximum atomic E-state index is 13.3. The van der Waals surface area contributed by atoms with Crippen LogP contribution in [-0.4, -0.2) is 98.5 Å². The third kappa shape index (κ3) is 8.69. The molecule has 248 valence electrons. The molecule has 4 aromatic rings. The second-order valence-corrected chi connectivity index (χ2v) is 14.4. The molecule has 0 bridgehead atoms. The topological polar surface area (TPSA) is 160 Å². The van der Waals surface area contributed by atoms with Gasteiger partial charge in [-0.1, -0.05) is 11.6 Å². The van der Waals surface area contributed by atoms with Crippen LogP contribution in [0.1, 0.15) is 24.6 Å². The lowest BCUT2D eigenvalue weighted by atomic mass is 10.1. The second kappa shape index (κ2) is 14.7. The molecule has 3 N–H and O–H groups in total. The average molecular weight is 684 g/mol. The molecule has 1 aliphatic heterocycles. The Hall–Kier alpha value is -3.85. The summed E-state index contributed by atoms with van der Waals surface area (Å²) in [6.07, 6.45) is 3.54. The number of nitrogens with one attached hydrogen (secondary N) is 2. The molecule has 5 rings (SSSR count). The zero-order valence-electron chi connectivity index (χ0n) is 25.5. The van der Waals surface area contributed by atoms with Crippen LogP contribution in [0.4, 0.5) is 36.3 Å². The van der Waals surface area contributed by atoms with Crippen LogP contribution in [-0.2, 0) is 14.1 Å². The number of rotatable bonds is 9. The Morgan fingerprint density at radius 1 is 1.11 bits per heavy atom. The Bertz CT molecular complexity index is 1730. The van der Waals surface area contributed by atoms with Gasteiger partial charge >= 0.3 is 12.1 Å². The molecular formula is C28H34ClF3N9O4P. The fraction of sp³-hybridized carbons (Fsp3) is 0.429. The molecule has 3 aromatic heterocycles. The number of carbonyl (C=O) groups is 1. The summed E-state index contributed by atoms with van der Waals surface area (Å²) >= 11 is 6.47. The van der Waals surface area contributed by atoms with E-state index >= 15 is 0 Å². The van der Waals surface area contributed by atoms with Gasteiger partial charge in [0.1, 0.15) is 17.7 Å². The molecule has 1 aliphatic rings. The number of carboxylic acids is 1. The fourth-order valence-electron chi connectivity index (χ4n) is 4.95. The molecule has 0 radical (unpaired) electrons. The number of aromatic nitrogens is 6. The standard InChI is InChI=1S/C26H33ClN9O2P.C2HF3O2/c1-17-22(16-31-36(17)18-7-11-35(12-8-18)13-14-38-2)33-26-30-15-19(27)25(34-26)32-21-6-5-20-23(29-10-9-28-20)24(21)39(3,4)37;3-2(4,5)1(6)7/h5-6,9-10,15-16,18H,7-8,11-14H2,1-4H3,(H2,30,32,33,34);(H,6,7). The van der Waals surface area contributed by atoms with Crippen molar-refractivity contribution in [3.05, 3.63) is 47.6 Å². The summed E-state index contributed by atoms with van der Waals surface area (Å²) in [5.41, 5.74) is 3.73. The lowest BCUT2D eigenvalue weighted by Gasteiger charge is -2.32. The number of hydrogen-bond acceptors (Lipinski definition) is 11. The number of alkyl halides is 3. The van der Waals surface area contributed by atoms with Gasteiger partial charge in [-0.05, 0) is 45.2 Å². The predicted molar refractivity (Wildman–Crippen MR) is 169 cm³/mol. The van der Waals surface area contributed by atoms with Gasteiger partial charge in [0.25, 0.3) is 0 Å². The van der Waals surface area contributed by atoms with E-state index in [1.165, 1.54) is 6.20 Å². The van der Waals surface area contributed by atoms with E-state index in [2.05, 4.69) is 45.2 Å². The van der Waals surface area contributed by atoms with Crippen molar-refractivity contribution >= 4 is 64.2 Å². The van der Waals surface area contributed by atoms with Gasteiger partial charge in [-0.2, -0.15) is 23.3 Å². The van der Waals surface area contributed by atoms with Crippen molar-refractivity contribution in [1.82, 2.24) is 34.6 Å². The quantitative estimate of drug-likeness (QED) is 0.198. The minimum Gasteiger partial charge on any atom is -0.475 e. The Labute approximate surface area is 267 Å². The highest BCUT2D eigenvalue weighted by molar-refractivity contribution is 7.71. The number of piperidine rings is 1. The van der Waals surface area contributed by atoms with Crippen molar-refractivity contribution in [1.29, 1.82) is 0 Å². The molecule has 0 spiro atoms. The lowest BCUT2D eigenvalue weighted by Crippen LogP contribution is -2.37. The number of nitrogens with zero attached hydrogens (tertiary/aromatic N) is 7. The van der Waals surface area contributed by atoms with Crippen LogP contribution in [0, 0.1) is 6.92 Å². The van der Waals surface area contributed by atoms with Crippen molar-refractivity contribution in [2.24, 2.45) is 0 Å². The van der Waals surface area contributed by atoms with Gasteiger partial charge in [-0.25, -0.2) is 9.78 Å². The molecule has 13 nitrogen and oxygen atoms in total. The number of hydrogen-bond donors (Lipinski definition) is 3. The molecule has 18 heteroatoms. The lowest BCUT2D eigenvalue weighted by molar-refractivity contribution is -0.192. The summed E-state index contributed by atoms with van der Waals surface area (Å²) < 4.78 is 52.3. The van der Waals surface area contributed by atoms with Crippen LogP contribution in [0.15, 0.2) is 36.9 Å². The molecule has 0 amide bonds. The summed E-state index contributed by atoms with van der Waals surface area (Å²) in [6, 6.07) is 4.00. The van der Waals surface area contributed by atoms with Gasteiger partial charge in [-0.15, -0.1) is 0 Å². The van der Waals surface area contributed by atoms with E-state index in [1.54, 1.807) is 32.8 Å². The first kappa shape index (κ1) is 35.0. The van der Waals surface area contributed by atoms with Gasteiger partial charge < -0.3 is 29.9 Å². The third-order valence-corrected chi connectivity index (χ3v) is 9.00. The number of halogens is 4. The zero-order chi connectivity index (χ0) is 33.6. The minimum atomic E-state index is -5.08. The molecule has 46 heavy (non-hydrogen) atoms. The minimum absolute atomic E-state index is 0.334. The molecule has 0 aliphatic carbocycles. The number of methoxy groups -OCH3 is 1. The Morgan fingerprint density at radius 2 is 1.78 bits per heavy atom. The Balaban J connectivity index is 0.000000617. The van der Waals surface area contributed by atoms with E-state index < -0.39 is 19.3 Å². The molecule has 1 saturated heterocycles. The van der Waals surface area contributed by atoms with E-state index in [1.807, 2.05) is 25.3 Å². The first-order valence-electron chi connectivity index (χ1n) is 14.1. The maximum absolute atomic E-state index is 13.3. The maximum Gasteiger partial charge on any atom is 0.490 e. The molecule has 1 aromatic carbocycles. The molecule has 0 saturated carbocycles. The third-order valence-electron chi connectivity index (χ3n) is 7.20. The highest BCUT2D eigenvalue weighted by atomic mass is 35.5. The van der Waals surface area contributed by atoms with Crippen molar-refractivity contribution in [2.45, 2.75) is 32.0 Å². The molecule has 1 fully saturated rings. The van der Waals surface area contributed by atoms with E-state index in [0.717, 1.165) is 50.5 Å². The van der Waals surface area contributed by atoms with E-state index in [0.29, 0.717) is 44.9 Å². The SMILES string of the molecule is COCCN1CCC(n2ncc(Nc3ncc(Cl)c(Nc4ccc5nccnc5c4P(C)(C)=O)n3)c2C)CC1.O=C(O)C(F)(F)F. The van der Waals surface area contributed by atoms with Crippen molar-refractivity contribution in [3.63, 3.8) is 0 Å². The normalized spacial score (nSPS) is 14.5. The Morgan fingerprint density at radius 3 is 2.41 bits per heavy atom. The molecule has 0 unspecified atom stereocenters. The number of benzene rings is 1. The van der Waals surface area contributed by atoms with Gasteiger partial charge in [0, 0.05) is 39.1 Å². The van der Waals surface area contributed by atoms with Crippen molar-refractivity contribution < 1.29 is 32.4 Å². The van der Waals surface area contributed by atoms with E-state index in [-0.39, 0.29) is 0 Å². The zero-order valence-corrected chi connectivity index (χ0v) is 27.2. The van der Waals surface area contributed by atoms with Crippen LogP contribution in [0.2, 0.25) is 5.02 Å². The predicted octanol–water partition coefficient (Wildman–Crippen LogP) is 5.23. The van der Waals surface area contributed by atoms with Crippen molar-refractivity contribution in [3.8, 4) is 0 Å². The largest absolute Gasteiger partial charge is 0.490 e. The smallest absolute Gasteiger partial charge is 0.475 e. The number of anilines is 4. The van der Waals surface area contributed by atoms with Gasteiger partial charge in [0.15, 0.2) is 5.82 Å². The number of fused-ring (bicyclic) bond motifs is 1. The van der Waals surface area contributed by atoms with Crippen LogP contribution < -0.4 is 15.9 Å². The summed E-state index contributed by atoms with van der Waals surface area (Å²) in [4.78, 5) is 29.1. The van der Waals surface area contributed by atoms with Gasteiger partial charge in [0.05, 0.1) is 52.9 Å². The van der Waals surface area contributed by atoms with E-state index in [4.69, 9.17) is 26.2 Å². The van der Waals surface area contributed by atoms with Crippen LogP contribution in [0.3, 0.4) is 0 Å². The van der Waals surface area contributed by atoms with Crippen LogP contribution in [0.5, 0.6) is 0 Å². The summed E-state index contributed by atoms with van der Waals surface area (Å²) in [5.74, 6) is -2.00. The number of ether oxygens (including phenoxy) is 1. The van der Waals surface area contributed by atoms with Crippen molar-refractivity contribution in [2.75, 3.05) is 57.3 Å². The van der Waals surface area contributed by atoms with Crippen LogP contribution >= 0.6 is 18.7 Å². The first-order valence-corrected chi connectivity index (χ1v) is 17.1. The van der Waals surface area contributed by atoms with Gasteiger partial charge in [-0.3, -0.25) is 14.6 Å². The number of aliphatic carboxylic acids is 1. The fourth-order valence-corrected chi connectivity index (χ4v) is 6.48. The monoisotopic (exact) mass is 683 g/mol. The van der Waals surface area contributed by atoms with Crippen LogP contribution in [0.25, 0.3) is 11.0 Å². The summed E-state index contributed by atoms with van der Waals surface area (Å²) in [7, 11) is -0.996. The second-order valence-electron chi connectivity index (χ2n) is 10.8. The molecule has 0 atom stereocenters. The average Bonchev–Trinajstić information content (AvgIpc) is 3.36. The van der Waals surface area contributed by atoms with E-state index in [9.17, 15) is 17.7 Å². The number of likely N-dealkylation sites (tertiary alicyclic amines) is 1. The molecular weight excluding hydrogens is 650 g/mol. The van der Waals surface area contributed by atoms with Gasteiger partial charge in [0.2, 0.25) is 5.95 Å². The highest BCUT2D eigenvalue weighted by Crippen LogP contribution is 2.41. The summed E-state index contributed by atoms with van der Waals surface area (Å²) in [6.45, 7) is 9.22.